The van der Waals surface area contributed by atoms with Gasteiger partial charge in [0.1, 0.15) is 13.2 Å². The summed E-state index contributed by atoms with van der Waals surface area (Å²) in [4.78, 5) is 38.7. The number of nitrogens with zero attached hydrogens (tertiary/aromatic N) is 1. The number of hydrogen-bond donors (Lipinski definition) is 1. The molecule has 2 aromatic carbocycles. The average molecular weight is 506 g/mol. The van der Waals surface area contributed by atoms with Gasteiger partial charge in [0, 0.05) is 0 Å². The minimum Gasteiger partial charge on any atom is -0.443 e. The molecular weight excluding hydrogens is 475 g/mol. The van der Waals surface area contributed by atoms with Crippen molar-refractivity contribution in [3.8, 4) is 0 Å². The van der Waals surface area contributed by atoms with Gasteiger partial charge in [0.2, 0.25) is 5.28 Å². The third-order valence-electron chi connectivity index (χ3n) is 5.04. The number of ether oxygens (including phenoxy) is 2. The quantitative estimate of drug-likeness (QED) is 0.333. The van der Waals surface area contributed by atoms with Gasteiger partial charge in [-0.3, -0.25) is 9.36 Å². The predicted molar refractivity (Wildman–Crippen MR) is 128 cm³/mol. The lowest BCUT2D eigenvalue weighted by molar-refractivity contribution is -0.125. The summed E-state index contributed by atoms with van der Waals surface area (Å²) in [6.45, 7) is 4.99. The lowest BCUT2D eigenvalue weighted by Crippen LogP contribution is -2.62. The molecule has 1 N–H and O–H groups in total. The molecule has 2 rings (SSSR count). The van der Waals surface area contributed by atoms with Crippen molar-refractivity contribution in [3.63, 3.8) is 0 Å². The van der Waals surface area contributed by atoms with Gasteiger partial charge in [-0.1, -0.05) is 60.7 Å². The molecule has 1 atom stereocenters. The zero-order valence-electron chi connectivity index (χ0n) is 20.3. The maximum absolute atomic E-state index is 13.8. The number of ketones is 1. The van der Waals surface area contributed by atoms with Crippen LogP contribution in [0.15, 0.2) is 60.7 Å². The Labute approximate surface area is 205 Å². The summed E-state index contributed by atoms with van der Waals surface area (Å²) in [6, 6.07) is 17.6. The third kappa shape index (κ3) is 7.14. The number of hydrogen-bond acceptors (Lipinski definition) is 8. The minimum absolute atomic E-state index is 0.0779. The van der Waals surface area contributed by atoms with Crippen LogP contribution in [-0.4, -0.2) is 41.5 Å². The van der Waals surface area contributed by atoms with E-state index in [4.69, 9.17) is 18.5 Å². The van der Waals surface area contributed by atoms with Crippen molar-refractivity contribution in [2.75, 3.05) is 13.2 Å². The maximum atomic E-state index is 13.8. The Kier molecular flexibility index (Phi) is 10.4. The van der Waals surface area contributed by atoms with Crippen molar-refractivity contribution in [1.82, 2.24) is 10.4 Å². The highest BCUT2D eigenvalue weighted by Crippen LogP contribution is 2.61. The molecule has 0 bridgehead atoms. The topological polar surface area (TPSA) is 120 Å². The van der Waals surface area contributed by atoms with Crippen LogP contribution in [0.25, 0.3) is 0 Å². The third-order valence-corrected chi connectivity index (χ3v) is 7.81. The van der Waals surface area contributed by atoms with E-state index < -0.39 is 30.8 Å². The zero-order chi connectivity index (χ0) is 25.9. The van der Waals surface area contributed by atoms with Gasteiger partial charge in [-0.05, 0) is 38.8 Å². The van der Waals surface area contributed by atoms with Crippen LogP contribution in [0.3, 0.4) is 0 Å². The molecule has 190 valence electrons. The van der Waals surface area contributed by atoms with Gasteiger partial charge in [0.25, 0.3) is 0 Å². The van der Waals surface area contributed by atoms with Gasteiger partial charge >= 0.3 is 19.8 Å². The Bertz CT molecular complexity index is 1020. The number of rotatable bonds is 11. The number of carbonyl (C=O) groups is 3. The van der Waals surface area contributed by atoms with Crippen molar-refractivity contribution in [3.05, 3.63) is 71.8 Å². The van der Waals surface area contributed by atoms with Gasteiger partial charge in [-0.2, -0.15) is 5.01 Å². The first-order valence-corrected chi connectivity index (χ1v) is 12.6. The van der Waals surface area contributed by atoms with Gasteiger partial charge in [-0.15, -0.1) is 0 Å². The van der Waals surface area contributed by atoms with Crippen LogP contribution in [0.5, 0.6) is 0 Å². The van der Waals surface area contributed by atoms with Crippen LogP contribution in [0.1, 0.15) is 38.8 Å². The van der Waals surface area contributed by atoms with Crippen molar-refractivity contribution in [1.29, 1.82) is 0 Å². The summed E-state index contributed by atoms with van der Waals surface area (Å²) in [7, 11) is -4.33. The predicted octanol–water partition coefficient (Wildman–Crippen LogP) is 5.04. The summed E-state index contributed by atoms with van der Waals surface area (Å²) in [6.07, 6.45) is -2.22. The second-order valence-electron chi connectivity index (χ2n) is 7.46. The molecule has 0 aliphatic rings. The smallest absolute Gasteiger partial charge is 0.430 e. The maximum Gasteiger partial charge on any atom is 0.430 e. The van der Waals surface area contributed by atoms with E-state index in [-0.39, 0.29) is 26.4 Å². The summed E-state index contributed by atoms with van der Waals surface area (Å²) in [5.74, 6) is -0.761. The molecule has 0 aromatic heterocycles. The molecule has 11 heteroatoms. The number of amides is 2. The Morgan fingerprint density at radius 3 is 1.74 bits per heavy atom. The van der Waals surface area contributed by atoms with Crippen LogP contribution in [0.2, 0.25) is 0 Å². The average Bonchev–Trinajstić information content (AvgIpc) is 2.85. The molecule has 0 saturated carbocycles. The van der Waals surface area contributed by atoms with E-state index in [0.29, 0.717) is 16.1 Å². The van der Waals surface area contributed by atoms with E-state index in [9.17, 15) is 18.9 Å². The van der Waals surface area contributed by atoms with Crippen LogP contribution >= 0.6 is 7.60 Å². The molecule has 0 spiro atoms. The van der Waals surface area contributed by atoms with E-state index in [1.165, 1.54) is 6.92 Å². The molecule has 10 nitrogen and oxygen atoms in total. The molecule has 0 heterocycles. The van der Waals surface area contributed by atoms with Crippen LogP contribution in [0.4, 0.5) is 9.59 Å². The van der Waals surface area contributed by atoms with Gasteiger partial charge in [-0.25, -0.2) is 15.0 Å². The fourth-order valence-electron chi connectivity index (χ4n) is 3.06. The summed E-state index contributed by atoms with van der Waals surface area (Å²) >= 11 is 0. The van der Waals surface area contributed by atoms with Gasteiger partial charge in [0.15, 0.2) is 5.78 Å². The standard InChI is InChI=1S/C24H31N2O8P/c1-5-33-35(30,34-6-2)24(4,19(3)27)26(23(29)32-18-21-15-11-8-12-16-21)25-22(28)31-17-20-13-9-7-10-14-20/h7-16H,5-6,17-18H2,1-4H3,(H,25,28). The van der Waals surface area contributed by atoms with Gasteiger partial charge < -0.3 is 18.5 Å². The molecule has 0 fully saturated rings. The normalized spacial score (nSPS) is 12.8. The Hall–Kier alpha value is -3.20. The summed E-state index contributed by atoms with van der Waals surface area (Å²) < 4.78 is 35.0. The molecule has 2 aromatic rings. The van der Waals surface area contributed by atoms with Crippen LogP contribution < -0.4 is 5.43 Å². The molecule has 0 radical (unpaired) electrons. The second kappa shape index (κ2) is 13.0. The Morgan fingerprint density at radius 2 is 1.31 bits per heavy atom. The molecule has 0 aliphatic carbocycles. The highest BCUT2D eigenvalue weighted by molar-refractivity contribution is 7.56. The van der Waals surface area contributed by atoms with Crippen molar-refractivity contribution in [2.45, 2.75) is 46.2 Å². The van der Waals surface area contributed by atoms with E-state index >= 15 is 0 Å². The first-order chi connectivity index (χ1) is 16.7. The van der Waals surface area contributed by atoms with Crippen molar-refractivity contribution >= 4 is 25.6 Å². The van der Waals surface area contributed by atoms with E-state index in [2.05, 4.69) is 5.43 Å². The fourth-order valence-corrected chi connectivity index (χ4v) is 5.08. The van der Waals surface area contributed by atoms with E-state index in [1.54, 1.807) is 68.4 Å². The fraction of sp³-hybridized carbons (Fsp3) is 0.375. The number of hydrazine groups is 1. The second-order valence-corrected chi connectivity index (χ2v) is 9.84. The highest BCUT2D eigenvalue weighted by Gasteiger charge is 2.59. The SMILES string of the molecule is CCOP(=O)(OCC)C(C)(C(C)=O)N(NC(=O)OCc1ccccc1)C(=O)OCc1ccccc1. The number of Topliss-reactive ketones (excluding diaryl/α,β-unsaturated/α-hetero) is 1. The monoisotopic (exact) mass is 506 g/mol. The molecular formula is C24H31N2O8P. The molecule has 0 aliphatic heterocycles. The van der Waals surface area contributed by atoms with Crippen molar-refractivity contribution in [2.24, 2.45) is 0 Å². The lowest BCUT2D eigenvalue weighted by atomic mass is 10.2. The Morgan fingerprint density at radius 1 is 0.857 bits per heavy atom. The summed E-state index contributed by atoms with van der Waals surface area (Å²) in [5, 5.41) is -1.73. The number of nitrogens with one attached hydrogen (secondary N) is 1. The molecule has 35 heavy (non-hydrogen) atoms. The van der Waals surface area contributed by atoms with E-state index in [0.717, 1.165) is 6.92 Å². The zero-order valence-corrected chi connectivity index (χ0v) is 21.2. The van der Waals surface area contributed by atoms with Crippen LogP contribution in [0, 0.1) is 0 Å². The first-order valence-electron chi connectivity index (χ1n) is 11.1. The van der Waals surface area contributed by atoms with Gasteiger partial charge in [0.05, 0.1) is 13.2 Å². The number of carbonyl (C=O) groups excluding carboxylic acids is 3. The number of benzene rings is 2. The molecule has 0 saturated heterocycles. The van der Waals surface area contributed by atoms with Crippen molar-refractivity contribution < 1.29 is 37.5 Å². The van der Waals surface area contributed by atoms with E-state index in [1.807, 2.05) is 6.07 Å². The lowest BCUT2D eigenvalue weighted by Gasteiger charge is -2.40. The summed E-state index contributed by atoms with van der Waals surface area (Å²) in [5.41, 5.74) is 3.57. The molecule has 1 unspecified atom stereocenters. The highest BCUT2D eigenvalue weighted by atomic mass is 31.2. The largest absolute Gasteiger partial charge is 0.443 e. The minimum atomic E-state index is -4.33. The first kappa shape index (κ1) is 28.0. The Balaban J connectivity index is 2.36. The van der Waals surface area contributed by atoms with Crippen LogP contribution in [-0.2, 0) is 41.1 Å². The molecule has 2 amide bonds.